The number of primary amides is 1. The Morgan fingerprint density at radius 3 is 2.79 bits per heavy atom. The number of carbonyl (C=O) groups is 1. The quantitative estimate of drug-likeness (QED) is 0.915. The molecule has 0 radical (unpaired) electrons. The van der Waals surface area contributed by atoms with Crippen molar-refractivity contribution in [2.75, 3.05) is 6.61 Å². The van der Waals surface area contributed by atoms with Crippen molar-refractivity contribution in [3.8, 4) is 5.75 Å². The van der Waals surface area contributed by atoms with Crippen LogP contribution in [0.4, 0.5) is 0 Å². The Hall–Kier alpha value is -2.00. The van der Waals surface area contributed by atoms with Gasteiger partial charge in [0.1, 0.15) is 5.75 Å². The second-order valence-electron chi connectivity index (χ2n) is 4.50. The minimum absolute atomic E-state index is 0.00241. The molecule has 2 aromatic carbocycles. The van der Waals surface area contributed by atoms with E-state index in [-0.39, 0.29) is 5.92 Å². The second-order valence-corrected chi connectivity index (χ2v) is 4.93. The fraction of sp³-hybridized carbons (Fsp3) is 0.133. The van der Waals surface area contributed by atoms with Crippen molar-refractivity contribution in [2.24, 2.45) is 5.73 Å². The molecule has 3 rings (SSSR count). The van der Waals surface area contributed by atoms with Crippen LogP contribution in [0.3, 0.4) is 0 Å². The molecule has 0 aromatic heterocycles. The first-order valence-electron chi connectivity index (χ1n) is 5.98. The monoisotopic (exact) mass is 273 g/mol. The van der Waals surface area contributed by atoms with Gasteiger partial charge in [-0.05, 0) is 29.8 Å². The van der Waals surface area contributed by atoms with Gasteiger partial charge < -0.3 is 10.5 Å². The van der Waals surface area contributed by atoms with E-state index < -0.39 is 5.91 Å². The lowest BCUT2D eigenvalue weighted by Crippen LogP contribution is -2.16. The first-order valence-corrected chi connectivity index (χ1v) is 6.35. The Morgan fingerprint density at radius 2 is 2.00 bits per heavy atom. The van der Waals surface area contributed by atoms with Gasteiger partial charge in [0.05, 0.1) is 6.61 Å². The lowest BCUT2D eigenvalue weighted by atomic mass is 9.89. The molecule has 1 amide bonds. The third-order valence-corrected chi connectivity index (χ3v) is 3.59. The van der Waals surface area contributed by atoms with E-state index in [0.29, 0.717) is 17.2 Å². The predicted molar refractivity (Wildman–Crippen MR) is 73.7 cm³/mol. The number of ether oxygens (including phenoxy) is 1. The van der Waals surface area contributed by atoms with Crippen LogP contribution in [-0.4, -0.2) is 12.5 Å². The van der Waals surface area contributed by atoms with Crippen LogP contribution >= 0.6 is 11.6 Å². The molecule has 1 aliphatic rings. The Kier molecular flexibility index (Phi) is 2.91. The predicted octanol–water partition coefficient (Wildman–Crippen LogP) is 2.96. The number of hydrogen-bond donors (Lipinski definition) is 1. The van der Waals surface area contributed by atoms with Crippen molar-refractivity contribution in [3.05, 3.63) is 64.2 Å². The van der Waals surface area contributed by atoms with E-state index >= 15 is 0 Å². The molecule has 19 heavy (non-hydrogen) atoms. The largest absolute Gasteiger partial charge is 0.492 e. The molecule has 0 aliphatic carbocycles. The minimum atomic E-state index is -0.425. The molecular formula is C15H12ClNO2. The third kappa shape index (κ3) is 2.06. The summed E-state index contributed by atoms with van der Waals surface area (Å²) in [4.78, 5) is 11.5. The number of amides is 1. The van der Waals surface area contributed by atoms with E-state index in [2.05, 4.69) is 0 Å². The molecule has 0 saturated heterocycles. The number of benzene rings is 2. The molecular weight excluding hydrogens is 262 g/mol. The van der Waals surface area contributed by atoms with Crippen molar-refractivity contribution in [2.45, 2.75) is 5.92 Å². The zero-order valence-electron chi connectivity index (χ0n) is 10.1. The van der Waals surface area contributed by atoms with Crippen molar-refractivity contribution < 1.29 is 9.53 Å². The lowest BCUT2D eigenvalue weighted by molar-refractivity contribution is 0.0999. The van der Waals surface area contributed by atoms with E-state index in [0.717, 1.165) is 16.9 Å². The van der Waals surface area contributed by atoms with Crippen LogP contribution in [0.2, 0.25) is 5.02 Å². The summed E-state index contributed by atoms with van der Waals surface area (Å²) >= 11 is 6.03. The highest BCUT2D eigenvalue weighted by Crippen LogP contribution is 2.40. The van der Waals surface area contributed by atoms with Gasteiger partial charge in [-0.15, -0.1) is 0 Å². The summed E-state index contributed by atoms with van der Waals surface area (Å²) in [6.45, 7) is 0.500. The van der Waals surface area contributed by atoms with Crippen molar-refractivity contribution in [3.63, 3.8) is 0 Å². The number of carbonyl (C=O) groups excluding carboxylic acids is 1. The molecule has 1 aliphatic heterocycles. The van der Waals surface area contributed by atoms with Crippen LogP contribution in [0.5, 0.6) is 5.75 Å². The van der Waals surface area contributed by atoms with E-state index in [9.17, 15) is 4.79 Å². The van der Waals surface area contributed by atoms with Crippen LogP contribution in [0.25, 0.3) is 0 Å². The van der Waals surface area contributed by atoms with Gasteiger partial charge >= 0.3 is 0 Å². The molecule has 2 aromatic rings. The summed E-state index contributed by atoms with van der Waals surface area (Å²) < 4.78 is 5.64. The van der Waals surface area contributed by atoms with Gasteiger partial charge in [0.25, 0.3) is 0 Å². The summed E-state index contributed by atoms with van der Waals surface area (Å²) in [6, 6.07) is 12.9. The average molecular weight is 274 g/mol. The molecule has 0 spiro atoms. The first kappa shape index (κ1) is 12.1. The number of fused-ring (bicyclic) bond motifs is 1. The highest BCUT2D eigenvalue weighted by molar-refractivity contribution is 6.30. The Balaban J connectivity index is 2.11. The second kappa shape index (κ2) is 4.59. The van der Waals surface area contributed by atoms with Crippen molar-refractivity contribution in [1.82, 2.24) is 0 Å². The fourth-order valence-corrected chi connectivity index (χ4v) is 2.65. The fourth-order valence-electron chi connectivity index (χ4n) is 2.47. The van der Waals surface area contributed by atoms with Gasteiger partial charge in [-0.1, -0.05) is 29.8 Å². The van der Waals surface area contributed by atoms with Gasteiger partial charge in [-0.3, -0.25) is 4.79 Å². The molecule has 96 valence electrons. The molecule has 4 heteroatoms. The zero-order valence-corrected chi connectivity index (χ0v) is 10.9. The Bertz CT molecular complexity index is 654. The van der Waals surface area contributed by atoms with Gasteiger partial charge in [0.15, 0.2) is 0 Å². The maximum Gasteiger partial charge on any atom is 0.249 e. The van der Waals surface area contributed by atoms with E-state index in [1.807, 2.05) is 24.3 Å². The van der Waals surface area contributed by atoms with Gasteiger partial charge in [-0.25, -0.2) is 0 Å². The summed E-state index contributed by atoms with van der Waals surface area (Å²) in [5.41, 5.74) is 7.84. The zero-order chi connectivity index (χ0) is 13.4. The van der Waals surface area contributed by atoms with Gasteiger partial charge in [0, 0.05) is 22.1 Å². The highest BCUT2D eigenvalue weighted by Gasteiger charge is 2.28. The maximum absolute atomic E-state index is 11.5. The standard InChI is InChI=1S/C15H12ClNO2/c16-9-5-6-14-12(7-9)13(8-19-14)10-3-1-2-4-11(10)15(17)18/h1-7,13H,8H2,(H2,17,18)/t13-/m0/s1. The van der Waals surface area contributed by atoms with Crippen LogP contribution < -0.4 is 10.5 Å². The summed E-state index contributed by atoms with van der Waals surface area (Å²) in [6.07, 6.45) is 0. The summed E-state index contributed by atoms with van der Waals surface area (Å²) in [5, 5.41) is 0.658. The molecule has 3 nitrogen and oxygen atoms in total. The molecule has 0 fully saturated rings. The van der Waals surface area contributed by atoms with Crippen LogP contribution in [0, 0.1) is 0 Å². The minimum Gasteiger partial charge on any atom is -0.492 e. The van der Waals surface area contributed by atoms with Crippen LogP contribution in [-0.2, 0) is 0 Å². The molecule has 0 saturated carbocycles. The topological polar surface area (TPSA) is 52.3 Å². The summed E-state index contributed by atoms with van der Waals surface area (Å²) in [7, 11) is 0. The molecule has 0 unspecified atom stereocenters. The molecule has 1 heterocycles. The smallest absolute Gasteiger partial charge is 0.249 e. The van der Waals surface area contributed by atoms with Crippen LogP contribution in [0.1, 0.15) is 27.4 Å². The van der Waals surface area contributed by atoms with E-state index in [1.54, 1.807) is 18.2 Å². The Morgan fingerprint density at radius 1 is 1.21 bits per heavy atom. The van der Waals surface area contributed by atoms with Crippen molar-refractivity contribution in [1.29, 1.82) is 0 Å². The Labute approximate surface area is 115 Å². The summed E-state index contributed by atoms with van der Waals surface area (Å²) in [5.74, 6) is 0.386. The number of rotatable bonds is 2. The highest BCUT2D eigenvalue weighted by atomic mass is 35.5. The van der Waals surface area contributed by atoms with Crippen LogP contribution in [0.15, 0.2) is 42.5 Å². The molecule has 0 bridgehead atoms. The number of nitrogens with two attached hydrogens (primary N) is 1. The van der Waals surface area contributed by atoms with Gasteiger partial charge in [-0.2, -0.15) is 0 Å². The first-order chi connectivity index (χ1) is 9.16. The van der Waals surface area contributed by atoms with E-state index in [4.69, 9.17) is 22.1 Å². The van der Waals surface area contributed by atoms with Gasteiger partial charge in [0.2, 0.25) is 5.91 Å². The lowest BCUT2D eigenvalue weighted by Gasteiger charge is -2.13. The SMILES string of the molecule is NC(=O)c1ccccc1[C@@H]1COc2ccc(Cl)cc21. The number of hydrogen-bond acceptors (Lipinski definition) is 2. The molecule has 2 N–H and O–H groups in total. The maximum atomic E-state index is 11.5. The normalized spacial score (nSPS) is 16.8. The number of halogens is 1. The average Bonchev–Trinajstić information content (AvgIpc) is 2.81. The third-order valence-electron chi connectivity index (χ3n) is 3.35. The molecule has 1 atom stereocenters. The van der Waals surface area contributed by atoms with Crippen molar-refractivity contribution >= 4 is 17.5 Å². The van der Waals surface area contributed by atoms with E-state index in [1.165, 1.54) is 0 Å².